The fourth-order valence-electron chi connectivity index (χ4n) is 9.61. The summed E-state index contributed by atoms with van der Waals surface area (Å²) >= 11 is 0. The minimum atomic E-state index is -1.97. The van der Waals surface area contributed by atoms with Crippen molar-refractivity contribution in [3.8, 4) is 22.3 Å². The molecule has 2 heteroatoms. The van der Waals surface area contributed by atoms with E-state index in [0.29, 0.717) is 11.8 Å². The van der Waals surface area contributed by atoms with E-state index in [1.165, 1.54) is 75.7 Å². The summed E-state index contributed by atoms with van der Waals surface area (Å²) in [5.41, 5.74) is 8.37. The van der Waals surface area contributed by atoms with Crippen molar-refractivity contribution >= 4 is 58.4 Å². The van der Waals surface area contributed by atoms with Crippen molar-refractivity contribution in [3.63, 3.8) is 0 Å². The first-order valence-electron chi connectivity index (χ1n) is 19.3. The fourth-order valence-corrected chi connectivity index (χ4v) is 14.3. The second kappa shape index (κ2) is 12.5. The first kappa shape index (κ1) is 33.8. The van der Waals surface area contributed by atoms with E-state index in [9.17, 15) is 0 Å². The number of hydrogen-bond donors (Lipinski definition) is 0. The standard InChI is InChI=1S/C51H48Si2/c1-51(2)47-23-15-14-18-41(47)42-33-32-40(34-48(42)51)53(5,6)39-30-26-36(27-31-39)50-45-21-12-10-19-43(45)49(44-20-11-13-22-46(44)50)35-24-28-38(29-25-35)52(3,4)37-16-8-7-9-17-37/h7-34,41,47H,1-6H3. The Morgan fingerprint density at radius 3 is 1.36 bits per heavy atom. The second-order valence-corrected chi connectivity index (χ2v) is 25.8. The predicted molar refractivity (Wildman–Crippen MR) is 236 cm³/mol. The van der Waals surface area contributed by atoms with Gasteiger partial charge in [0.15, 0.2) is 0 Å². The van der Waals surface area contributed by atoms with E-state index in [4.69, 9.17) is 0 Å². The van der Waals surface area contributed by atoms with E-state index < -0.39 is 16.1 Å². The molecule has 0 saturated carbocycles. The van der Waals surface area contributed by atoms with Crippen LogP contribution in [0.15, 0.2) is 170 Å². The molecule has 7 aromatic rings. The van der Waals surface area contributed by atoms with Crippen molar-refractivity contribution in [2.75, 3.05) is 0 Å². The highest BCUT2D eigenvalue weighted by atomic mass is 28.3. The molecule has 7 aromatic carbocycles. The van der Waals surface area contributed by atoms with Gasteiger partial charge in [-0.15, -0.1) is 0 Å². The maximum Gasteiger partial charge on any atom is 0.112 e. The fraction of sp³-hybridized carbons (Fsp3) is 0.176. The van der Waals surface area contributed by atoms with Crippen LogP contribution in [0.1, 0.15) is 30.9 Å². The molecule has 0 bridgehead atoms. The van der Waals surface area contributed by atoms with Crippen molar-refractivity contribution in [1.82, 2.24) is 0 Å². The summed E-state index contributed by atoms with van der Waals surface area (Å²) in [6.45, 7) is 14.8. The lowest BCUT2D eigenvalue weighted by Gasteiger charge is -2.30. The van der Waals surface area contributed by atoms with E-state index in [2.05, 4.69) is 210 Å². The largest absolute Gasteiger partial charge is 0.112 e. The van der Waals surface area contributed by atoms with Crippen LogP contribution in [0, 0.1) is 5.92 Å². The zero-order valence-corrected chi connectivity index (χ0v) is 33.8. The van der Waals surface area contributed by atoms with Gasteiger partial charge in [-0.05, 0) is 66.3 Å². The Morgan fingerprint density at radius 2 is 0.849 bits per heavy atom. The Morgan fingerprint density at radius 1 is 0.434 bits per heavy atom. The molecule has 260 valence electrons. The summed E-state index contributed by atoms with van der Waals surface area (Å²) in [4.78, 5) is 0. The molecule has 0 aromatic heterocycles. The molecule has 0 fully saturated rings. The molecule has 9 rings (SSSR count). The van der Waals surface area contributed by atoms with Gasteiger partial charge in [-0.1, -0.05) is 231 Å². The maximum absolute atomic E-state index is 2.58. The summed E-state index contributed by atoms with van der Waals surface area (Å²) in [6.07, 6.45) is 9.30. The quantitative estimate of drug-likeness (QED) is 0.119. The number of hydrogen-bond acceptors (Lipinski definition) is 0. The average Bonchev–Trinajstić information content (AvgIpc) is 3.43. The van der Waals surface area contributed by atoms with Crippen LogP contribution in [-0.4, -0.2) is 16.1 Å². The van der Waals surface area contributed by atoms with Gasteiger partial charge in [0, 0.05) is 5.92 Å². The van der Waals surface area contributed by atoms with E-state index in [0.717, 1.165) is 0 Å². The summed E-state index contributed by atoms with van der Waals surface area (Å²) in [5, 5.41) is 11.1. The van der Waals surface area contributed by atoms with Crippen LogP contribution in [-0.2, 0) is 5.41 Å². The average molecular weight is 717 g/mol. The Kier molecular flexibility index (Phi) is 8.00. The zero-order valence-electron chi connectivity index (χ0n) is 31.8. The van der Waals surface area contributed by atoms with Gasteiger partial charge in [0.05, 0.1) is 0 Å². The SMILES string of the molecule is CC1(C)c2cc([Si](C)(C)c3ccc(-c4c5ccccc5c(-c5ccc([Si](C)(C)c6ccccc6)cc5)c5ccccc45)cc3)ccc2C2C=CC=CC21. The molecular weight excluding hydrogens is 669 g/mol. The first-order valence-corrected chi connectivity index (χ1v) is 25.3. The normalized spacial score (nSPS) is 17.6. The number of benzene rings is 7. The molecular formula is C51H48Si2. The van der Waals surface area contributed by atoms with Crippen molar-refractivity contribution in [1.29, 1.82) is 0 Å². The van der Waals surface area contributed by atoms with Gasteiger partial charge < -0.3 is 0 Å². The third-order valence-electron chi connectivity index (χ3n) is 13.0. The molecule has 0 saturated heterocycles. The minimum absolute atomic E-state index is 0.127. The van der Waals surface area contributed by atoms with Crippen LogP contribution in [0.4, 0.5) is 0 Å². The van der Waals surface area contributed by atoms with E-state index in [1.54, 1.807) is 0 Å². The number of rotatable bonds is 6. The lowest BCUT2D eigenvalue weighted by atomic mass is 9.74. The minimum Gasteiger partial charge on any atom is -0.0796 e. The van der Waals surface area contributed by atoms with Gasteiger partial charge in [0.25, 0.3) is 0 Å². The van der Waals surface area contributed by atoms with Crippen molar-refractivity contribution < 1.29 is 0 Å². The molecule has 0 nitrogen and oxygen atoms in total. The lowest BCUT2D eigenvalue weighted by Crippen LogP contribution is -2.53. The topological polar surface area (TPSA) is 0 Å². The summed E-state index contributed by atoms with van der Waals surface area (Å²) in [6, 6.07) is 55.7. The molecule has 0 radical (unpaired) electrons. The van der Waals surface area contributed by atoms with Gasteiger partial charge >= 0.3 is 0 Å². The van der Waals surface area contributed by atoms with Gasteiger partial charge in [-0.25, -0.2) is 0 Å². The smallest absolute Gasteiger partial charge is 0.0796 e. The molecule has 2 atom stereocenters. The van der Waals surface area contributed by atoms with Gasteiger partial charge in [0.2, 0.25) is 0 Å². The predicted octanol–water partition coefficient (Wildman–Crippen LogP) is 11.1. The molecule has 0 heterocycles. The lowest BCUT2D eigenvalue weighted by molar-refractivity contribution is 0.394. The number of allylic oxidation sites excluding steroid dienone is 4. The van der Waals surface area contributed by atoms with Gasteiger partial charge in [-0.3, -0.25) is 0 Å². The van der Waals surface area contributed by atoms with Crippen LogP contribution < -0.4 is 20.7 Å². The third kappa shape index (κ3) is 5.37. The summed E-state index contributed by atoms with van der Waals surface area (Å²) in [5.74, 6) is 1.03. The maximum atomic E-state index is 2.58. The molecule has 2 aliphatic carbocycles. The van der Waals surface area contributed by atoms with Crippen LogP contribution >= 0.6 is 0 Å². The molecule has 2 unspecified atom stereocenters. The summed E-state index contributed by atoms with van der Waals surface area (Å²) < 4.78 is 0. The van der Waals surface area contributed by atoms with Crippen molar-refractivity contribution in [2.45, 2.75) is 51.4 Å². The van der Waals surface area contributed by atoms with E-state index >= 15 is 0 Å². The monoisotopic (exact) mass is 716 g/mol. The molecule has 2 aliphatic rings. The number of fused-ring (bicyclic) bond motifs is 5. The second-order valence-electron chi connectivity index (χ2n) is 17.0. The van der Waals surface area contributed by atoms with Crippen LogP contribution in [0.2, 0.25) is 26.2 Å². The van der Waals surface area contributed by atoms with Gasteiger partial charge in [0.1, 0.15) is 16.1 Å². The zero-order chi connectivity index (χ0) is 36.5. The Labute approximate surface area is 317 Å². The highest BCUT2D eigenvalue weighted by Gasteiger charge is 2.45. The van der Waals surface area contributed by atoms with E-state index in [-0.39, 0.29) is 5.41 Å². The molecule has 0 spiro atoms. The summed E-state index contributed by atoms with van der Waals surface area (Å²) in [7, 11) is -3.77. The Balaban J connectivity index is 1.11. The van der Waals surface area contributed by atoms with Crippen LogP contribution in [0.25, 0.3) is 43.8 Å². The first-order chi connectivity index (χ1) is 25.6. The highest BCUT2D eigenvalue weighted by molar-refractivity contribution is 7.01. The third-order valence-corrected chi connectivity index (χ3v) is 20.1. The molecule has 0 aliphatic heterocycles. The van der Waals surface area contributed by atoms with Gasteiger partial charge in [-0.2, -0.15) is 0 Å². The van der Waals surface area contributed by atoms with Crippen LogP contribution in [0.3, 0.4) is 0 Å². The molecule has 0 amide bonds. The van der Waals surface area contributed by atoms with Crippen molar-refractivity contribution in [3.05, 3.63) is 181 Å². The Bertz CT molecular complexity index is 2510. The highest BCUT2D eigenvalue weighted by Crippen LogP contribution is 2.52. The van der Waals surface area contributed by atoms with Crippen molar-refractivity contribution in [2.24, 2.45) is 5.92 Å². The molecule has 0 N–H and O–H groups in total. The molecule has 53 heavy (non-hydrogen) atoms. The van der Waals surface area contributed by atoms with E-state index in [1.807, 2.05) is 0 Å². The Hall–Kier alpha value is -5.03. The van der Waals surface area contributed by atoms with Crippen LogP contribution in [0.5, 0.6) is 0 Å².